The fourth-order valence-corrected chi connectivity index (χ4v) is 3.61. The van der Waals surface area contributed by atoms with Crippen LogP contribution >= 0.6 is 11.3 Å². The molecule has 102 valence electrons. The zero-order chi connectivity index (χ0) is 13.8. The van der Waals surface area contributed by atoms with Gasteiger partial charge in [-0.25, -0.2) is 0 Å². The van der Waals surface area contributed by atoms with E-state index < -0.39 is 0 Å². The van der Waals surface area contributed by atoms with Crippen LogP contribution in [-0.2, 0) is 0 Å². The highest BCUT2D eigenvalue weighted by Crippen LogP contribution is 2.35. The van der Waals surface area contributed by atoms with E-state index in [1.807, 2.05) is 35.0 Å². The molecule has 0 N–H and O–H groups in total. The van der Waals surface area contributed by atoms with Crippen molar-refractivity contribution in [2.45, 2.75) is 19.3 Å². The second-order valence-electron chi connectivity index (χ2n) is 5.35. The van der Waals surface area contributed by atoms with Gasteiger partial charge >= 0.3 is 0 Å². The first kappa shape index (κ1) is 13.3. The van der Waals surface area contributed by atoms with Crippen molar-refractivity contribution in [3.8, 4) is 0 Å². The van der Waals surface area contributed by atoms with Crippen molar-refractivity contribution in [1.29, 1.82) is 0 Å². The second kappa shape index (κ2) is 6.19. The van der Waals surface area contributed by atoms with E-state index in [2.05, 4.69) is 24.3 Å². The first-order chi connectivity index (χ1) is 9.84. The van der Waals surface area contributed by atoms with Gasteiger partial charge < -0.3 is 0 Å². The Bertz CT molecular complexity index is 583. The van der Waals surface area contributed by atoms with Gasteiger partial charge in [-0.05, 0) is 35.8 Å². The molecule has 1 aromatic carbocycles. The normalized spacial score (nSPS) is 22.4. The Balaban J connectivity index is 1.73. The molecule has 2 heteroatoms. The van der Waals surface area contributed by atoms with E-state index in [0.29, 0.717) is 11.7 Å². The van der Waals surface area contributed by atoms with E-state index in [1.165, 1.54) is 5.56 Å². The van der Waals surface area contributed by atoms with Gasteiger partial charge in [0.05, 0.1) is 0 Å². The molecule has 0 saturated heterocycles. The van der Waals surface area contributed by atoms with E-state index in [1.54, 1.807) is 11.3 Å². The van der Waals surface area contributed by atoms with Crippen molar-refractivity contribution >= 4 is 23.2 Å². The molecule has 0 aliphatic heterocycles. The SMILES string of the molecule is O=C(c1ccsc1)[C@@H]1CCC[C@@H]1/C=C/c1ccccc1. The Morgan fingerprint density at radius 1 is 1.15 bits per heavy atom. The number of hydrogen-bond donors (Lipinski definition) is 0. The molecule has 1 saturated carbocycles. The fourth-order valence-electron chi connectivity index (χ4n) is 2.96. The molecule has 0 spiro atoms. The number of benzene rings is 1. The molecule has 1 heterocycles. The highest BCUT2D eigenvalue weighted by molar-refractivity contribution is 7.08. The number of hydrogen-bond acceptors (Lipinski definition) is 2. The Morgan fingerprint density at radius 2 is 2.00 bits per heavy atom. The second-order valence-corrected chi connectivity index (χ2v) is 6.13. The topological polar surface area (TPSA) is 17.1 Å². The van der Waals surface area contributed by atoms with Crippen molar-refractivity contribution in [1.82, 2.24) is 0 Å². The number of rotatable bonds is 4. The molecule has 0 unspecified atom stereocenters. The zero-order valence-corrected chi connectivity index (χ0v) is 12.2. The summed E-state index contributed by atoms with van der Waals surface area (Å²) >= 11 is 1.60. The Kier molecular flexibility index (Phi) is 4.12. The molecular formula is C18H18OS. The number of carbonyl (C=O) groups excluding carboxylic acids is 1. The van der Waals surface area contributed by atoms with Gasteiger partial charge in [0.25, 0.3) is 0 Å². The summed E-state index contributed by atoms with van der Waals surface area (Å²) in [5, 5.41) is 3.95. The van der Waals surface area contributed by atoms with Crippen molar-refractivity contribution in [3.63, 3.8) is 0 Å². The Morgan fingerprint density at radius 3 is 2.75 bits per heavy atom. The van der Waals surface area contributed by atoms with Gasteiger partial charge in [-0.2, -0.15) is 11.3 Å². The average Bonchev–Trinajstić information content (AvgIpc) is 3.17. The Hall–Kier alpha value is -1.67. The van der Waals surface area contributed by atoms with Crippen LogP contribution in [0.3, 0.4) is 0 Å². The summed E-state index contributed by atoms with van der Waals surface area (Å²) in [6.45, 7) is 0. The number of allylic oxidation sites excluding steroid dienone is 1. The van der Waals surface area contributed by atoms with E-state index >= 15 is 0 Å². The minimum Gasteiger partial charge on any atom is -0.294 e. The number of carbonyl (C=O) groups is 1. The lowest BCUT2D eigenvalue weighted by molar-refractivity contribution is 0.0905. The largest absolute Gasteiger partial charge is 0.294 e. The first-order valence-electron chi connectivity index (χ1n) is 7.14. The summed E-state index contributed by atoms with van der Waals surface area (Å²) in [5.41, 5.74) is 2.10. The summed E-state index contributed by atoms with van der Waals surface area (Å²) in [7, 11) is 0. The lowest BCUT2D eigenvalue weighted by Gasteiger charge is -2.14. The van der Waals surface area contributed by atoms with Crippen LogP contribution in [0.4, 0.5) is 0 Å². The summed E-state index contributed by atoms with van der Waals surface area (Å²) < 4.78 is 0. The van der Waals surface area contributed by atoms with Gasteiger partial charge in [0, 0.05) is 16.9 Å². The quantitative estimate of drug-likeness (QED) is 0.716. The monoisotopic (exact) mass is 282 g/mol. The molecule has 1 aliphatic rings. The molecule has 20 heavy (non-hydrogen) atoms. The third-order valence-electron chi connectivity index (χ3n) is 4.05. The summed E-state index contributed by atoms with van der Waals surface area (Å²) in [4.78, 5) is 12.5. The van der Waals surface area contributed by atoms with E-state index in [-0.39, 0.29) is 5.92 Å². The fraction of sp³-hybridized carbons (Fsp3) is 0.278. The molecule has 1 nitrogen and oxygen atoms in total. The van der Waals surface area contributed by atoms with Gasteiger partial charge in [0.1, 0.15) is 0 Å². The highest BCUT2D eigenvalue weighted by Gasteiger charge is 2.31. The highest BCUT2D eigenvalue weighted by atomic mass is 32.1. The van der Waals surface area contributed by atoms with E-state index in [0.717, 1.165) is 24.8 Å². The van der Waals surface area contributed by atoms with Crippen LogP contribution < -0.4 is 0 Å². The maximum Gasteiger partial charge on any atom is 0.167 e. The van der Waals surface area contributed by atoms with Crippen LogP contribution in [0.2, 0.25) is 0 Å². The van der Waals surface area contributed by atoms with Crippen LogP contribution in [0, 0.1) is 11.8 Å². The number of thiophene rings is 1. The third kappa shape index (κ3) is 2.91. The first-order valence-corrected chi connectivity index (χ1v) is 8.08. The smallest absolute Gasteiger partial charge is 0.167 e. The van der Waals surface area contributed by atoms with Crippen LogP contribution in [-0.4, -0.2) is 5.78 Å². The summed E-state index contributed by atoms with van der Waals surface area (Å²) in [6.07, 6.45) is 7.70. The van der Waals surface area contributed by atoms with Crippen molar-refractivity contribution < 1.29 is 4.79 Å². The zero-order valence-electron chi connectivity index (χ0n) is 11.4. The van der Waals surface area contributed by atoms with Crippen molar-refractivity contribution in [3.05, 3.63) is 64.4 Å². The lowest BCUT2D eigenvalue weighted by atomic mass is 9.88. The van der Waals surface area contributed by atoms with E-state index in [4.69, 9.17) is 0 Å². The molecule has 0 bridgehead atoms. The van der Waals surface area contributed by atoms with Crippen LogP contribution in [0.15, 0.2) is 53.2 Å². The van der Waals surface area contributed by atoms with Crippen molar-refractivity contribution in [2.24, 2.45) is 11.8 Å². The molecule has 3 rings (SSSR count). The van der Waals surface area contributed by atoms with Crippen molar-refractivity contribution in [2.75, 3.05) is 0 Å². The minimum absolute atomic E-state index is 0.171. The summed E-state index contributed by atoms with van der Waals surface area (Å²) in [6, 6.07) is 12.3. The lowest BCUT2D eigenvalue weighted by Crippen LogP contribution is -2.17. The maximum absolute atomic E-state index is 12.5. The standard InChI is InChI=1S/C18H18OS/c19-18(16-11-12-20-13-16)17-8-4-7-15(17)10-9-14-5-2-1-3-6-14/h1-3,5-6,9-13,15,17H,4,7-8H2/b10-9+/t15-,17-/m1/s1. The van der Waals surface area contributed by atoms with Gasteiger partial charge in [0.2, 0.25) is 0 Å². The van der Waals surface area contributed by atoms with Gasteiger partial charge in [-0.3, -0.25) is 4.79 Å². The Labute approximate surface area is 124 Å². The van der Waals surface area contributed by atoms with Gasteiger partial charge in [0.15, 0.2) is 5.78 Å². The number of ketones is 1. The predicted molar refractivity (Wildman–Crippen MR) is 85.0 cm³/mol. The van der Waals surface area contributed by atoms with Gasteiger partial charge in [-0.1, -0.05) is 48.9 Å². The average molecular weight is 282 g/mol. The molecule has 2 aromatic rings. The third-order valence-corrected chi connectivity index (χ3v) is 4.73. The van der Waals surface area contributed by atoms with Crippen LogP contribution in [0.1, 0.15) is 35.2 Å². The molecule has 1 aliphatic carbocycles. The van der Waals surface area contributed by atoms with Gasteiger partial charge in [-0.15, -0.1) is 0 Å². The number of Topliss-reactive ketones (excluding diaryl/α,β-unsaturated/α-hetero) is 1. The van der Waals surface area contributed by atoms with Crippen LogP contribution in [0.5, 0.6) is 0 Å². The molecular weight excluding hydrogens is 264 g/mol. The van der Waals surface area contributed by atoms with Crippen LogP contribution in [0.25, 0.3) is 6.08 Å². The molecule has 2 atom stereocenters. The maximum atomic E-state index is 12.5. The predicted octanol–water partition coefficient (Wildman–Crippen LogP) is 5.06. The molecule has 0 radical (unpaired) electrons. The molecule has 0 amide bonds. The summed E-state index contributed by atoms with van der Waals surface area (Å²) in [5.74, 6) is 0.888. The molecule has 1 aromatic heterocycles. The molecule has 1 fully saturated rings. The van der Waals surface area contributed by atoms with E-state index in [9.17, 15) is 4.79 Å². The minimum atomic E-state index is 0.171.